The first-order valence-electron chi connectivity index (χ1n) is 5.82. The molecule has 18 heavy (non-hydrogen) atoms. The molecule has 98 valence electrons. The molecular weight excluding hydrogens is 232 g/mol. The zero-order valence-electron chi connectivity index (χ0n) is 10.6. The van der Waals surface area contributed by atoms with E-state index in [1.165, 1.54) is 7.11 Å². The van der Waals surface area contributed by atoms with Gasteiger partial charge < -0.3 is 15.4 Å². The maximum Gasteiger partial charge on any atom is 0.333 e. The molecule has 1 aromatic rings. The zero-order valence-corrected chi connectivity index (χ0v) is 10.6. The average molecular weight is 250 g/mol. The number of hydrogen-bond acceptors (Lipinski definition) is 4. The van der Waals surface area contributed by atoms with E-state index in [-0.39, 0.29) is 12.5 Å². The third-order valence-electron chi connectivity index (χ3n) is 2.41. The SMILES string of the molecule is CCNCC(=O)NC(C(=O)OC)c1ccccc1. The van der Waals surface area contributed by atoms with Gasteiger partial charge in [-0.1, -0.05) is 37.3 Å². The number of likely N-dealkylation sites (N-methyl/N-ethyl adjacent to an activating group) is 1. The molecule has 2 N–H and O–H groups in total. The molecule has 0 heterocycles. The van der Waals surface area contributed by atoms with Gasteiger partial charge in [0.05, 0.1) is 13.7 Å². The van der Waals surface area contributed by atoms with E-state index in [9.17, 15) is 9.59 Å². The van der Waals surface area contributed by atoms with E-state index in [4.69, 9.17) is 4.74 Å². The molecule has 1 aromatic carbocycles. The molecule has 0 spiro atoms. The summed E-state index contributed by atoms with van der Waals surface area (Å²) in [5.41, 5.74) is 0.703. The van der Waals surface area contributed by atoms with E-state index >= 15 is 0 Å². The van der Waals surface area contributed by atoms with Gasteiger partial charge in [0.2, 0.25) is 5.91 Å². The van der Waals surface area contributed by atoms with E-state index in [1.54, 1.807) is 12.1 Å². The molecule has 0 bridgehead atoms. The second-order valence-electron chi connectivity index (χ2n) is 3.71. The van der Waals surface area contributed by atoms with Gasteiger partial charge in [-0.15, -0.1) is 0 Å². The van der Waals surface area contributed by atoms with Crippen LogP contribution in [0.2, 0.25) is 0 Å². The summed E-state index contributed by atoms with van der Waals surface area (Å²) in [4.78, 5) is 23.3. The van der Waals surface area contributed by atoms with Crippen molar-refractivity contribution in [3.8, 4) is 0 Å². The first-order valence-corrected chi connectivity index (χ1v) is 5.82. The van der Waals surface area contributed by atoms with Crippen LogP contribution in [-0.2, 0) is 14.3 Å². The molecule has 0 aromatic heterocycles. The standard InChI is InChI=1S/C13H18N2O3/c1-3-14-9-11(16)15-12(13(17)18-2)10-7-5-4-6-8-10/h4-8,12,14H,3,9H2,1-2H3,(H,15,16). The monoisotopic (exact) mass is 250 g/mol. The number of ether oxygens (including phenoxy) is 1. The lowest BCUT2D eigenvalue weighted by Gasteiger charge is -2.16. The minimum absolute atomic E-state index is 0.177. The Balaban J connectivity index is 2.74. The molecule has 0 saturated heterocycles. The molecule has 5 heteroatoms. The van der Waals surface area contributed by atoms with Crippen molar-refractivity contribution in [2.24, 2.45) is 0 Å². The van der Waals surface area contributed by atoms with Crippen molar-refractivity contribution in [2.45, 2.75) is 13.0 Å². The molecule has 0 aliphatic carbocycles. The van der Waals surface area contributed by atoms with Crippen LogP contribution in [0.4, 0.5) is 0 Å². The molecule has 5 nitrogen and oxygen atoms in total. The number of methoxy groups -OCH3 is 1. The molecule has 0 aliphatic heterocycles. The van der Waals surface area contributed by atoms with Gasteiger partial charge in [-0.05, 0) is 12.1 Å². The fourth-order valence-electron chi connectivity index (χ4n) is 1.49. The second-order valence-corrected chi connectivity index (χ2v) is 3.71. The molecule has 1 rings (SSSR count). The Hall–Kier alpha value is -1.88. The summed E-state index contributed by atoms with van der Waals surface area (Å²) in [6.07, 6.45) is 0. The third-order valence-corrected chi connectivity index (χ3v) is 2.41. The van der Waals surface area contributed by atoms with Crippen molar-refractivity contribution >= 4 is 11.9 Å². The van der Waals surface area contributed by atoms with Crippen molar-refractivity contribution < 1.29 is 14.3 Å². The largest absolute Gasteiger partial charge is 0.467 e. The van der Waals surface area contributed by atoms with Gasteiger partial charge in [-0.3, -0.25) is 4.79 Å². The highest BCUT2D eigenvalue weighted by Gasteiger charge is 2.22. The van der Waals surface area contributed by atoms with Crippen LogP contribution >= 0.6 is 0 Å². The highest BCUT2D eigenvalue weighted by Crippen LogP contribution is 2.13. The van der Waals surface area contributed by atoms with Gasteiger partial charge in [0.25, 0.3) is 0 Å². The summed E-state index contributed by atoms with van der Waals surface area (Å²) < 4.78 is 4.70. The first kappa shape index (κ1) is 14.2. The smallest absolute Gasteiger partial charge is 0.333 e. The Morgan fingerprint density at radius 3 is 2.50 bits per heavy atom. The number of amides is 1. The van der Waals surface area contributed by atoms with Crippen molar-refractivity contribution in [3.05, 3.63) is 35.9 Å². The Bertz CT molecular complexity index is 392. The molecule has 0 fully saturated rings. The van der Waals surface area contributed by atoms with Crippen molar-refractivity contribution in [1.29, 1.82) is 0 Å². The van der Waals surface area contributed by atoms with E-state index in [1.807, 2.05) is 25.1 Å². The molecule has 1 amide bonds. The summed E-state index contributed by atoms with van der Waals surface area (Å²) in [6, 6.07) is 8.24. The number of benzene rings is 1. The maximum absolute atomic E-state index is 11.7. The first-order chi connectivity index (χ1) is 8.69. The molecule has 0 aliphatic rings. The maximum atomic E-state index is 11.7. The van der Waals surface area contributed by atoms with Crippen LogP contribution in [0, 0.1) is 0 Å². The number of rotatable bonds is 6. The summed E-state index contributed by atoms with van der Waals surface area (Å²) >= 11 is 0. The van der Waals surface area contributed by atoms with E-state index in [2.05, 4.69) is 10.6 Å². The van der Waals surface area contributed by atoms with Crippen LogP contribution in [0.3, 0.4) is 0 Å². The van der Waals surface area contributed by atoms with E-state index in [0.29, 0.717) is 12.1 Å². The molecular formula is C13H18N2O3. The lowest BCUT2D eigenvalue weighted by atomic mass is 10.1. The van der Waals surface area contributed by atoms with Crippen LogP contribution in [0.5, 0.6) is 0 Å². The highest BCUT2D eigenvalue weighted by atomic mass is 16.5. The molecule has 0 saturated carbocycles. The Labute approximate surface area is 107 Å². The predicted octanol–water partition coefficient (Wildman–Crippen LogP) is 0.626. The number of carbonyl (C=O) groups excluding carboxylic acids is 2. The lowest BCUT2D eigenvalue weighted by molar-refractivity contribution is -0.145. The van der Waals surface area contributed by atoms with Gasteiger partial charge in [-0.2, -0.15) is 0 Å². The Kier molecular flexibility index (Phi) is 5.87. The lowest BCUT2D eigenvalue weighted by Crippen LogP contribution is -2.39. The second kappa shape index (κ2) is 7.45. The number of esters is 1. The number of hydrogen-bond donors (Lipinski definition) is 2. The van der Waals surface area contributed by atoms with Crippen LogP contribution in [0.25, 0.3) is 0 Å². The summed E-state index contributed by atoms with van der Waals surface area (Å²) in [6.45, 7) is 2.78. The number of carbonyl (C=O) groups is 2. The van der Waals surface area contributed by atoms with Crippen LogP contribution in [0.15, 0.2) is 30.3 Å². The van der Waals surface area contributed by atoms with Crippen molar-refractivity contribution in [2.75, 3.05) is 20.2 Å². The fraction of sp³-hybridized carbons (Fsp3) is 0.385. The summed E-state index contributed by atoms with van der Waals surface area (Å²) in [5, 5.41) is 5.54. The van der Waals surface area contributed by atoms with Gasteiger partial charge in [0.1, 0.15) is 0 Å². The van der Waals surface area contributed by atoms with Crippen LogP contribution in [-0.4, -0.2) is 32.1 Å². The molecule has 1 atom stereocenters. The summed E-state index contributed by atoms with van der Waals surface area (Å²) in [5.74, 6) is -0.720. The topological polar surface area (TPSA) is 67.4 Å². The normalized spacial score (nSPS) is 11.7. The number of nitrogens with one attached hydrogen (secondary N) is 2. The average Bonchev–Trinajstić information content (AvgIpc) is 2.42. The van der Waals surface area contributed by atoms with Gasteiger partial charge in [-0.25, -0.2) is 4.79 Å². The van der Waals surface area contributed by atoms with Crippen LogP contribution in [0.1, 0.15) is 18.5 Å². The van der Waals surface area contributed by atoms with E-state index < -0.39 is 12.0 Å². The minimum Gasteiger partial charge on any atom is -0.467 e. The molecule has 1 unspecified atom stereocenters. The van der Waals surface area contributed by atoms with Gasteiger partial charge in [0, 0.05) is 0 Å². The Morgan fingerprint density at radius 1 is 1.28 bits per heavy atom. The predicted molar refractivity (Wildman–Crippen MR) is 67.9 cm³/mol. The third kappa shape index (κ3) is 4.18. The van der Waals surface area contributed by atoms with Gasteiger partial charge in [0.15, 0.2) is 6.04 Å². The van der Waals surface area contributed by atoms with Crippen LogP contribution < -0.4 is 10.6 Å². The Morgan fingerprint density at radius 2 is 1.94 bits per heavy atom. The summed E-state index contributed by atoms with van der Waals surface area (Å²) in [7, 11) is 1.30. The van der Waals surface area contributed by atoms with Crippen molar-refractivity contribution in [3.63, 3.8) is 0 Å². The zero-order chi connectivity index (χ0) is 13.4. The van der Waals surface area contributed by atoms with Crippen molar-refractivity contribution in [1.82, 2.24) is 10.6 Å². The molecule has 0 radical (unpaired) electrons. The fourth-order valence-corrected chi connectivity index (χ4v) is 1.49. The quantitative estimate of drug-likeness (QED) is 0.727. The highest BCUT2D eigenvalue weighted by molar-refractivity contribution is 5.86. The van der Waals surface area contributed by atoms with E-state index in [0.717, 1.165) is 0 Å². The minimum atomic E-state index is -0.762. The van der Waals surface area contributed by atoms with Gasteiger partial charge >= 0.3 is 5.97 Å².